The van der Waals surface area contributed by atoms with Crippen LogP contribution in [0.2, 0.25) is 0 Å². The van der Waals surface area contributed by atoms with Gasteiger partial charge in [0.25, 0.3) is 0 Å². The Kier molecular flexibility index (Phi) is 5.67. The van der Waals surface area contributed by atoms with Crippen LogP contribution < -0.4 is 10.1 Å². The van der Waals surface area contributed by atoms with Crippen molar-refractivity contribution in [2.24, 2.45) is 5.92 Å². The number of para-hydroxylation sites is 1. The average molecular weight is 429 g/mol. The van der Waals surface area contributed by atoms with Crippen molar-refractivity contribution in [3.63, 3.8) is 0 Å². The number of fused-ring (bicyclic) bond motifs is 1. The predicted molar refractivity (Wildman–Crippen MR) is 126 cm³/mol. The molecule has 1 unspecified atom stereocenters. The number of carbonyl (C=O) groups excluding carboxylic acids is 1. The highest BCUT2D eigenvalue weighted by atomic mass is 16.5. The number of amides is 1. The number of likely N-dealkylation sites (tertiary alicyclic amines) is 1. The molecule has 0 aliphatic carbocycles. The minimum absolute atomic E-state index is 0.0375. The summed E-state index contributed by atoms with van der Waals surface area (Å²) in [6.45, 7) is 6.16. The van der Waals surface area contributed by atoms with Crippen LogP contribution in [0.5, 0.6) is 11.5 Å². The van der Waals surface area contributed by atoms with Gasteiger partial charge in [-0.15, -0.1) is 0 Å². The largest absolute Gasteiger partial charge is 0.457 e. The Morgan fingerprint density at radius 2 is 1.75 bits per heavy atom. The van der Waals surface area contributed by atoms with Gasteiger partial charge in [0.15, 0.2) is 0 Å². The quantitative estimate of drug-likeness (QED) is 0.573. The molecule has 2 aromatic carbocycles. The lowest BCUT2D eigenvalue weighted by Gasteiger charge is -2.38. The molecular formula is C26H28N4O2. The van der Waals surface area contributed by atoms with E-state index in [4.69, 9.17) is 9.84 Å². The summed E-state index contributed by atoms with van der Waals surface area (Å²) in [5.74, 6) is 3.27. The van der Waals surface area contributed by atoms with E-state index in [1.165, 1.54) is 6.08 Å². The lowest BCUT2D eigenvalue weighted by molar-refractivity contribution is -0.127. The molecule has 6 nitrogen and oxygen atoms in total. The minimum Gasteiger partial charge on any atom is -0.457 e. The normalized spacial score (nSPS) is 18.5. The molecule has 1 saturated heterocycles. The van der Waals surface area contributed by atoms with Gasteiger partial charge in [-0.25, -0.2) is 4.68 Å². The van der Waals surface area contributed by atoms with E-state index in [2.05, 4.69) is 34.8 Å². The summed E-state index contributed by atoms with van der Waals surface area (Å²) in [5, 5.41) is 8.48. The fourth-order valence-electron chi connectivity index (χ4n) is 4.78. The number of nitrogens with one attached hydrogen (secondary N) is 1. The van der Waals surface area contributed by atoms with E-state index in [1.807, 2.05) is 47.4 Å². The Balaban J connectivity index is 1.30. The molecule has 3 aromatic rings. The predicted octanol–water partition coefficient (Wildman–Crippen LogP) is 5.12. The van der Waals surface area contributed by atoms with Gasteiger partial charge in [0.05, 0.1) is 11.7 Å². The first-order valence-corrected chi connectivity index (χ1v) is 11.3. The number of benzene rings is 2. The summed E-state index contributed by atoms with van der Waals surface area (Å²) in [6, 6.07) is 20.4. The lowest BCUT2D eigenvalue weighted by Crippen LogP contribution is -2.41. The van der Waals surface area contributed by atoms with Gasteiger partial charge in [0.2, 0.25) is 5.91 Å². The van der Waals surface area contributed by atoms with Gasteiger partial charge in [-0.1, -0.05) is 24.8 Å². The molecule has 1 atom stereocenters. The van der Waals surface area contributed by atoms with Crippen molar-refractivity contribution >= 4 is 11.7 Å². The number of aromatic nitrogens is 2. The number of ether oxygens (including phenoxy) is 1. The highest BCUT2D eigenvalue weighted by molar-refractivity contribution is 5.87. The molecule has 1 amide bonds. The van der Waals surface area contributed by atoms with Crippen LogP contribution in [0, 0.1) is 5.92 Å². The maximum Gasteiger partial charge on any atom is 0.245 e. The Labute approximate surface area is 188 Å². The summed E-state index contributed by atoms with van der Waals surface area (Å²) >= 11 is 0. The maximum atomic E-state index is 11.9. The van der Waals surface area contributed by atoms with Gasteiger partial charge in [-0.2, -0.15) is 5.10 Å². The molecule has 1 aromatic heterocycles. The summed E-state index contributed by atoms with van der Waals surface area (Å²) in [6.07, 6.45) is 4.48. The van der Waals surface area contributed by atoms with Crippen molar-refractivity contribution in [1.82, 2.24) is 14.7 Å². The highest BCUT2D eigenvalue weighted by Gasteiger charge is 2.32. The van der Waals surface area contributed by atoms with Crippen molar-refractivity contribution in [1.29, 1.82) is 0 Å². The molecule has 5 rings (SSSR count). The second-order valence-electron chi connectivity index (χ2n) is 8.45. The molecule has 0 bridgehead atoms. The van der Waals surface area contributed by atoms with Gasteiger partial charge in [0, 0.05) is 31.3 Å². The van der Waals surface area contributed by atoms with Gasteiger partial charge in [-0.05, 0) is 67.7 Å². The first-order valence-electron chi connectivity index (χ1n) is 11.3. The van der Waals surface area contributed by atoms with Crippen LogP contribution in [-0.4, -0.2) is 40.2 Å². The number of anilines is 1. The van der Waals surface area contributed by atoms with E-state index in [0.29, 0.717) is 12.0 Å². The zero-order chi connectivity index (χ0) is 21.9. The minimum atomic E-state index is 0.0375. The van der Waals surface area contributed by atoms with Crippen LogP contribution in [0.25, 0.3) is 11.3 Å². The molecule has 1 N–H and O–H groups in total. The molecule has 2 aliphatic heterocycles. The Morgan fingerprint density at radius 1 is 1.03 bits per heavy atom. The third-order valence-corrected chi connectivity index (χ3v) is 6.50. The second-order valence-corrected chi connectivity index (χ2v) is 8.45. The van der Waals surface area contributed by atoms with E-state index >= 15 is 0 Å². The first-order chi connectivity index (χ1) is 15.7. The average Bonchev–Trinajstić information content (AvgIpc) is 3.29. The molecule has 0 saturated carbocycles. The van der Waals surface area contributed by atoms with E-state index in [9.17, 15) is 4.79 Å². The van der Waals surface area contributed by atoms with Crippen molar-refractivity contribution in [3.8, 4) is 22.8 Å². The van der Waals surface area contributed by atoms with E-state index in [1.54, 1.807) is 0 Å². The van der Waals surface area contributed by atoms with Crippen LogP contribution in [0.1, 0.15) is 25.3 Å². The standard InChI is InChI=1S/C26H28N4O2/c1-2-26(31)29-16-13-20(14-17-29)24-12-15-27-25-18-23(28-30(24)25)19-8-10-22(11-9-19)32-21-6-4-3-5-7-21/h2-11,18,20,24,27H,1,12-17H2. The second kappa shape index (κ2) is 8.91. The van der Waals surface area contributed by atoms with Crippen LogP contribution in [-0.2, 0) is 4.79 Å². The Bertz CT molecular complexity index is 1080. The third kappa shape index (κ3) is 4.13. The Hall–Kier alpha value is -3.54. The van der Waals surface area contributed by atoms with Crippen LogP contribution in [0.4, 0.5) is 5.82 Å². The molecule has 1 fully saturated rings. The molecule has 0 spiro atoms. The maximum absolute atomic E-state index is 11.9. The molecule has 2 aliphatic rings. The number of carbonyl (C=O) groups is 1. The van der Waals surface area contributed by atoms with Gasteiger partial charge < -0.3 is 15.0 Å². The number of hydrogen-bond acceptors (Lipinski definition) is 4. The molecule has 0 radical (unpaired) electrons. The molecule has 32 heavy (non-hydrogen) atoms. The van der Waals surface area contributed by atoms with Crippen LogP contribution in [0.3, 0.4) is 0 Å². The number of rotatable bonds is 5. The lowest BCUT2D eigenvalue weighted by atomic mass is 9.87. The van der Waals surface area contributed by atoms with Crippen molar-refractivity contribution in [3.05, 3.63) is 73.3 Å². The summed E-state index contributed by atoms with van der Waals surface area (Å²) in [7, 11) is 0. The fraction of sp³-hybridized carbons (Fsp3) is 0.308. The smallest absolute Gasteiger partial charge is 0.245 e. The zero-order valence-electron chi connectivity index (χ0n) is 18.1. The van der Waals surface area contributed by atoms with E-state index in [0.717, 1.165) is 67.5 Å². The van der Waals surface area contributed by atoms with E-state index in [-0.39, 0.29) is 5.91 Å². The van der Waals surface area contributed by atoms with Crippen molar-refractivity contribution < 1.29 is 9.53 Å². The highest BCUT2D eigenvalue weighted by Crippen LogP contribution is 2.37. The van der Waals surface area contributed by atoms with Gasteiger partial charge >= 0.3 is 0 Å². The number of piperidine rings is 1. The third-order valence-electron chi connectivity index (χ3n) is 6.50. The number of nitrogens with zero attached hydrogens (tertiary/aromatic N) is 3. The van der Waals surface area contributed by atoms with Crippen molar-refractivity contribution in [2.45, 2.75) is 25.3 Å². The monoisotopic (exact) mass is 428 g/mol. The fourth-order valence-corrected chi connectivity index (χ4v) is 4.78. The number of hydrogen-bond donors (Lipinski definition) is 1. The topological polar surface area (TPSA) is 59.4 Å². The SMILES string of the molecule is C=CC(=O)N1CCC(C2CCNc3cc(-c4ccc(Oc5ccccc5)cc4)nn32)CC1. The molecule has 6 heteroatoms. The van der Waals surface area contributed by atoms with Gasteiger partial charge in [0.1, 0.15) is 17.3 Å². The Morgan fingerprint density at radius 3 is 2.47 bits per heavy atom. The van der Waals surface area contributed by atoms with Crippen LogP contribution >= 0.6 is 0 Å². The van der Waals surface area contributed by atoms with Crippen molar-refractivity contribution in [2.75, 3.05) is 25.0 Å². The molecule has 164 valence electrons. The molecular weight excluding hydrogens is 400 g/mol. The first kappa shape index (κ1) is 20.4. The summed E-state index contributed by atoms with van der Waals surface area (Å²) < 4.78 is 8.08. The zero-order valence-corrected chi connectivity index (χ0v) is 18.1. The van der Waals surface area contributed by atoms with Crippen LogP contribution in [0.15, 0.2) is 73.3 Å². The molecule has 3 heterocycles. The summed E-state index contributed by atoms with van der Waals surface area (Å²) in [4.78, 5) is 13.8. The van der Waals surface area contributed by atoms with E-state index < -0.39 is 0 Å². The summed E-state index contributed by atoms with van der Waals surface area (Å²) in [5.41, 5.74) is 2.03. The van der Waals surface area contributed by atoms with Gasteiger partial charge in [-0.3, -0.25) is 4.79 Å².